The molecule has 7 nitrogen and oxygen atoms in total. The molecule has 4 aliphatic carbocycles. The Morgan fingerprint density at radius 1 is 1.00 bits per heavy atom. The van der Waals surface area contributed by atoms with Gasteiger partial charge in [-0.1, -0.05) is 12.1 Å². The summed E-state index contributed by atoms with van der Waals surface area (Å²) < 4.78 is 5.12. The van der Waals surface area contributed by atoms with Crippen LogP contribution in [0.3, 0.4) is 0 Å². The maximum atomic E-state index is 13.3. The number of amides is 3. The summed E-state index contributed by atoms with van der Waals surface area (Å²) in [5, 5.41) is 8.39. The van der Waals surface area contributed by atoms with Crippen LogP contribution in [0.1, 0.15) is 64.9 Å². The van der Waals surface area contributed by atoms with Crippen LogP contribution in [0, 0.1) is 23.2 Å². The lowest BCUT2D eigenvalue weighted by atomic mass is 9.49. The normalized spacial score (nSPS) is 28.2. The second-order valence-electron chi connectivity index (χ2n) is 11.0. The summed E-state index contributed by atoms with van der Waals surface area (Å²) in [5.74, 6) is 2.03. The van der Waals surface area contributed by atoms with E-state index < -0.39 is 11.7 Å². The minimum Gasteiger partial charge on any atom is -0.444 e. The molecule has 32 heavy (non-hydrogen) atoms. The highest BCUT2D eigenvalue weighted by Crippen LogP contribution is 2.60. The molecule has 0 atom stereocenters. The van der Waals surface area contributed by atoms with Crippen LogP contribution in [-0.2, 0) is 20.9 Å². The van der Waals surface area contributed by atoms with E-state index in [4.69, 9.17) is 4.74 Å². The Hall–Kier alpha value is -2.57. The molecule has 174 valence electrons. The molecule has 7 heteroatoms. The predicted octanol–water partition coefficient (Wildman–Crippen LogP) is 3.98. The number of carbonyl (C=O) groups is 3. The zero-order valence-corrected chi connectivity index (χ0v) is 19.3. The van der Waals surface area contributed by atoms with Crippen molar-refractivity contribution in [3.05, 3.63) is 29.8 Å². The molecule has 3 amide bonds. The molecule has 0 saturated heterocycles. The molecule has 5 rings (SSSR count). The third-order valence-electron chi connectivity index (χ3n) is 6.99. The van der Waals surface area contributed by atoms with E-state index in [0.29, 0.717) is 6.54 Å². The zero-order chi connectivity index (χ0) is 22.9. The standard InChI is InChI=1S/C25H35N3O4/c1-24(2,3)32-23(31)27-15-21(29)26-14-16-5-4-6-20(10-16)28-22(30)25-11-17-7-18(12-25)9-19(8-17)13-25/h4-6,10,17-19H,7-9,11-15H2,1-3H3,(H,26,29)(H,27,31)(H,28,30). The minimum absolute atomic E-state index is 0.155. The summed E-state index contributed by atoms with van der Waals surface area (Å²) in [5.41, 5.74) is 0.858. The SMILES string of the molecule is CC(C)(C)OC(=O)NCC(=O)NCc1cccc(NC(=O)C23CC4CC(CC(C4)C2)C3)c1. The lowest BCUT2D eigenvalue weighted by Gasteiger charge is -2.55. The fourth-order valence-corrected chi connectivity index (χ4v) is 6.14. The number of carbonyl (C=O) groups excluding carboxylic acids is 3. The summed E-state index contributed by atoms with van der Waals surface area (Å²) in [6.07, 6.45) is 6.41. The van der Waals surface area contributed by atoms with E-state index >= 15 is 0 Å². The molecular formula is C25H35N3O4. The van der Waals surface area contributed by atoms with Crippen molar-refractivity contribution < 1.29 is 19.1 Å². The molecule has 0 spiro atoms. The summed E-state index contributed by atoms with van der Waals surface area (Å²) in [6.45, 7) is 5.46. The van der Waals surface area contributed by atoms with Crippen molar-refractivity contribution in [2.45, 2.75) is 71.4 Å². The number of rotatable bonds is 6. The smallest absolute Gasteiger partial charge is 0.408 e. The summed E-state index contributed by atoms with van der Waals surface area (Å²) >= 11 is 0. The molecule has 0 radical (unpaired) electrons. The van der Waals surface area contributed by atoms with Crippen LogP contribution in [0.2, 0.25) is 0 Å². The summed E-state index contributed by atoms with van der Waals surface area (Å²) in [4.78, 5) is 37.0. The average molecular weight is 442 g/mol. The van der Waals surface area contributed by atoms with Gasteiger partial charge in [0.15, 0.2) is 0 Å². The molecule has 0 heterocycles. The molecule has 1 aromatic carbocycles. The average Bonchev–Trinajstić information content (AvgIpc) is 2.69. The maximum absolute atomic E-state index is 13.3. The fraction of sp³-hybridized carbons (Fsp3) is 0.640. The molecule has 0 aliphatic heterocycles. The number of alkyl carbamates (subject to hydrolysis) is 1. The van der Waals surface area contributed by atoms with E-state index in [1.54, 1.807) is 20.8 Å². The Morgan fingerprint density at radius 2 is 1.62 bits per heavy atom. The van der Waals surface area contributed by atoms with Crippen LogP contribution in [-0.4, -0.2) is 30.1 Å². The summed E-state index contributed by atoms with van der Waals surface area (Å²) in [7, 11) is 0. The topological polar surface area (TPSA) is 96.5 Å². The third-order valence-corrected chi connectivity index (χ3v) is 6.99. The van der Waals surface area contributed by atoms with Gasteiger partial charge in [-0.3, -0.25) is 9.59 Å². The number of hydrogen-bond donors (Lipinski definition) is 3. The van der Waals surface area contributed by atoms with E-state index in [0.717, 1.165) is 48.3 Å². The highest BCUT2D eigenvalue weighted by atomic mass is 16.6. The van der Waals surface area contributed by atoms with Crippen molar-refractivity contribution in [1.29, 1.82) is 0 Å². The van der Waals surface area contributed by atoms with Gasteiger partial charge in [0.05, 0.1) is 5.41 Å². The molecule has 4 saturated carbocycles. The number of hydrogen-bond acceptors (Lipinski definition) is 4. The van der Waals surface area contributed by atoms with Crippen molar-refractivity contribution >= 4 is 23.6 Å². The van der Waals surface area contributed by atoms with E-state index in [1.807, 2.05) is 24.3 Å². The first-order chi connectivity index (χ1) is 15.1. The van der Waals surface area contributed by atoms with Crippen molar-refractivity contribution in [1.82, 2.24) is 10.6 Å². The zero-order valence-electron chi connectivity index (χ0n) is 19.3. The van der Waals surface area contributed by atoms with Crippen molar-refractivity contribution in [2.75, 3.05) is 11.9 Å². The Balaban J connectivity index is 1.27. The second kappa shape index (κ2) is 8.75. The maximum Gasteiger partial charge on any atom is 0.408 e. The van der Waals surface area contributed by atoms with Crippen LogP contribution in [0.25, 0.3) is 0 Å². The largest absolute Gasteiger partial charge is 0.444 e. The van der Waals surface area contributed by atoms with Crippen LogP contribution >= 0.6 is 0 Å². The van der Waals surface area contributed by atoms with Gasteiger partial charge in [-0.2, -0.15) is 0 Å². The molecule has 3 N–H and O–H groups in total. The van der Waals surface area contributed by atoms with Crippen LogP contribution < -0.4 is 16.0 Å². The van der Waals surface area contributed by atoms with E-state index in [1.165, 1.54) is 19.3 Å². The van der Waals surface area contributed by atoms with Gasteiger partial charge in [0, 0.05) is 12.2 Å². The van der Waals surface area contributed by atoms with Crippen LogP contribution in [0.15, 0.2) is 24.3 Å². The fourth-order valence-electron chi connectivity index (χ4n) is 6.14. The number of ether oxygens (including phenoxy) is 1. The predicted molar refractivity (Wildman–Crippen MR) is 122 cm³/mol. The van der Waals surface area contributed by atoms with Gasteiger partial charge < -0.3 is 20.7 Å². The molecular weight excluding hydrogens is 406 g/mol. The lowest BCUT2D eigenvalue weighted by molar-refractivity contribution is -0.140. The highest BCUT2D eigenvalue weighted by molar-refractivity contribution is 5.95. The van der Waals surface area contributed by atoms with Crippen molar-refractivity contribution in [3.63, 3.8) is 0 Å². The van der Waals surface area contributed by atoms with Gasteiger partial charge in [0.2, 0.25) is 11.8 Å². The Morgan fingerprint density at radius 3 is 2.22 bits per heavy atom. The molecule has 0 unspecified atom stereocenters. The molecule has 0 aromatic heterocycles. The van der Waals surface area contributed by atoms with E-state index in [2.05, 4.69) is 16.0 Å². The number of benzene rings is 1. The van der Waals surface area contributed by atoms with Gasteiger partial charge in [0.25, 0.3) is 0 Å². The third kappa shape index (κ3) is 5.43. The van der Waals surface area contributed by atoms with Gasteiger partial charge in [-0.25, -0.2) is 4.79 Å². The monoisotopic (exact) mass is 441 g/mol. The quantitative estimate of drug-likeness (QED) is 0.622. The minimum atomic E-state index is -0.623. The van der Waals surface area contributed by atoms with Crippen molar-refractivity contribution in [2.24, 2.45) is 23.2 Å². The van der Waals surface area contributed by atoms with Crippen LogP contribution in [0.5, 0.6) is 0 Å². The summed E-state index contributed by atoms with van der Waals surface area (Å²) in [6, 6.07) is 7.59. The first kappa shape index (κ1) is 22.6. The van der Waals surface area contributed by atoms with Gasteiger partial charge in [-0.05, 0) is 94.7 Å². The number of nitrogens with one attached hydrogen (secondary N) is 3. The van der Waals surface area contributed by atoms with Gasteiger partial charge >= 0.3 is 6.09 Å². The van der Waals surface area contributed by atoms with Gasteiger partial charge in [0.1, 0.15) is 12.1 Å². The second-order valence-corrected chi connectivity index (χ2v) is 11.0. The first-order valence-electron chi connectivity index (χ1n) is 11.7. The van der Waals surface area contributed by atoms with Gasteiger partial charge in [-0.15, -0.1) is 0 Å². The molecule has 1 aromatic rings. The molecule has 4 fully saturated rings. The Kier molecular flexibility index (Phi) is 6.19. The van der Waals surface area contributed by atoms with E-state index in [-0.39, 0.29) is 23.8 Å². The van der Waals surface area contributed by atoms with Crippen molar-refractivity contribution in [3.8, 4) is 0 Å². The Bertz CT molecular complexity index is 854. The Labute approximate surface area is 190 Å². The van der Waals surface area contributed by atoms with Crippen LogP contribution in [0.4, 0.5) is 10.5 Å². The molecule has 4 bridgehead atoms. The number of anilines is 1. The highest BCUT2D eigenvalue weighted by Gasteiger charge is 2.54. The lowest BCUT2D eigenvalue weighted by Crippen LogP contribution is -2.51. The molecule has 4 aliphatic rings. The van der Waals surface area contributed by atoms with E-state index in [9.17, 15) is 14.4 Å². The first-order valence-corrected chi connectivity index (χ1v) is 11.7.